The zero-order valence-corrected chi connectivity index (χ0v) is 11.3. The Morgan fingerprint density at radius 1 is 1.24 bits per heavy atom. The van der Waals surface area contributed by atoms with Crippen molar-refractivity contribution in [1.82, 2.24) is 9.78 Å². The van der Waals surface area contributed by atoms with Gasteiger partial charge in [0.25, 0.3) is 0 Å². The minimum absolute atomic E-state index is 0.0134. The van der Waals surface area contributed by atoms with Gasteiger partial charge in [0.05, 0.1) is 12.2 Å². The SMILES string of the molecule is Cn1nccc1N1C=CC(=O)CC1c1c(F)cccc1F. The summed E-state index contributed by atoms with van der Waals surface area (Å²) in [6, 6.07) is 4.71. The number of anilines is 1. The van der Waals surface area contributed by atoms with Crippen molar-refractivity contribution >= 4 is 11.6 Å². The Labute approximate surface area is 120 Å². The first kappa shape index (κ1) is 13.5. The third-order valence-electron chi connectivity index (χ3n) is 3.54. The summed E-state index contributed by atoms with van der Waals surface area (Å²) in [5.41, 5.74) is -0.101. The van der Waals surface area contributed by atoms with Gasteiger partial charge in [0, 0.05) is 31.3 Å². The molecule has 4 nitrogen and oxygen atoms in total. The van der Waals surface area contributed by atoms with Crippen LogP contribution in [0.1, 0.15) is 18.0 Å². The molecule has 0 N–H and O–H groups in total. The highest BCUT2D eigenvalue weighted by atomic mass is 19.1. The molecule has 1 aliphatic rings. The van der Waals surface area contributed by atoms with E-state index in [4.69, 9.17) is 0 Å². The second-order valence-electron chi connectivity index (χ2n) is 4.86. The molecule has 0 aliphatic carbocycles. The van der Waals surface area contributed by atoms with Gasteiger partial charge >= 0.3 is 0 Å². The summed E-state index contributed by atoms with van der Waals surface area (Å²) in [7, 11) is 1.73. The highest BCUT2D eigenvalue weighted by molar-refractivity contribution is 5.92. The molecule has 1 atom stereocenters. The standard InChI is InChI=1S/C15H13F2N3O/c1-19-14(5-7-18-19)20-8-6-10(21)9-13(20)15-11(16)3-2-4-12(15)17/h2-8,13H,9H2,1H3. The van der Waals surface area contributed by atoms with Gasteiger partial charge in [-0.15, -0.1) is 0 Å². The Balaban J connectivity index is 2.12. The largest absolute Gasteiger partial charge is 0.325 e. The van der Waals surface area contributed by atoms with Crippen molar-refractivity contribution in [2.75, 3.05) is 4.90 Å². The van der Waals surface area contributed by atoms with Crippen LogP contribution in [0.25, 0.3) is 0 Å². The van der Waals surface area contributed by atoms with Crippen LogP contribution in [0.2, 0.25) is 0 Å². The second-order valence-corrected chi connectivity index (χ2v) is 4.86. The average molecular weight is 289 g/mol. The summed E-state index contributed by atoms with van der Waals surface area (Å²) in [6.45, 7) is 0. The molecular weight excluding hydrogens is 276 g/mol. The van der Waals surface area contributed by atoms with Gasteiger partial charge in [-0.25, -0.2) is 8.78 Å². The third-order valence-corrected chi connectivity index (χ3v) is 3.54. The molecule has 0 bridgehead atoms. The lowest BCUT2D eigenvalue weighted by atomic mass is 9.96. The van der Waals surface area contributed by atoms with Crippen LogP contribution in [0.15, 0.2) is 42.7 Å². The van der Waals surface area contributed by atoms with Gasteiger partial charge < -0.3 is 4.90 Å². The normalized spacial score (nSPS) is 18.3. The molecule has 6 heteroatoms. The Hall–Kier alpha value is -2.50. The summed E-state index contributed by atoms with van der Waals surface area (Å²) in [6.07, 6.45) is 4.55. The van der Waals surface area contributed by atoms with Crippen molar-refractivity contribution < 1.29 is 13.6 Å². The first-order chi connectivity index (χ1) is 10.1. The average Bonchev–Trinajstić information content (AvgIpc) is 2.85. The second kappa shape index (κ2) is 5.12. The number of carbonyl (C=O) groups excluding carboxylic acids is 1. The molecule has 2 aromatic rings. The lowest BCUT2D eigenvalue weighted by Crippen LogP contribution is -2.31. The number of ketones is 1. The molecule has 1 aromatic heterocycles. The zero-order chi connectivity index (χ0) is 15.0. The molecule has 2 heterocycles. The predicted octanol–water partition coefficient (Wildman–Crippen LogP) is 2.73. The number of carbonyl (C=O) groups is 1. The smallest absolute Gasteiger partial charge is 0.159 e. The molecule has 0 radical (unpaired) electrons. The van der Waals surface area contributed by atoms with E-state index in [1.807, 2.05) is 0 Å². The molecule has 1 unspecified atom stereocenters. The van der Waals surface area contributed by atoms with E-state index in [2.05, 4.69) is 5.10 Å². The number of rotatable bonds is 2. The fourth-order valence-corrected chi connectivity index (χ4v) is 2.55. The summed E-state index contributed by atoms with van der Waals surface area (Å²) < 4.78 is 29.7. The molecule has 0 saturated carbocycles. The van der Waals surface area contributed by atoms with Crippen LogP contribution in [0.4, 0.5) is 14.6 Å². The number of nitrogens with zero attached hydrogens (tertiary/aromatic N) is 3. The van der Waals surface area contributed by atoms with Crippen molar-refractivity contribution in [2.45, 2.75) is 12.5 Å². The lowest BCUT2D eigenvalue weighted by molar-refractivity contribution is -0.115. The molecule has 0 saturated heterocycles. The topological polar surface area (TPSA) is 38.1 Å². The third kappa shape index (κ3) is 2.33. The van der Waals surface area contributed by atoms with Crippen LogP contribution < -0.4 is 4.90 Å². The summed E-state index contributed by atoms with van der Waals surface area (Å²) in [5, 5.41) is 4.05. The van der Waals surface area contributed by atoms with Gasteiger partial charge in [-0.1, -0.05) is 6.07 Å². The Kier molecular flexibility index (Phi) is 3.29. The number of halogens is 2. The molecule has 3 rings (SSSR count). The van der Waals surface area contributed by atoms with Crippen molar-refractivity contribution in [3.05, 3.63) is 59.9 Å². The first-order valence-electron chi connectivity index (χ1n) is 6.49. The van der Waals surface area contributed by atoms with E-state index >= 15 is 0 Å². The Bertz CT molecular complexity index is 703. The number of benzene rings is 1. The summed E-state index contributed by atoms with van der Waals surface area (Å²) >= 11 is 0. The van der Waals surface area contributed by atoms with Gasteiger partial charge in [0.1, 0.15) is 17.5 Å². The number of hydrogen-bond donors (Lipinski definition) is 0. The van der Waals surface area contributed by atoms with Gasteiger partial charge in [0.2, 0.25) is 0 Å². The molecule has 21 heavy (non-hydrogen) atoms. The Morgan fingerprint density at radius 3 is 2.57 bits per heavy atom. The number of aromatic nitrogens is 2. The van der Waals surface area contributed by atoms with Crippen LogP contribution in [-0.2, 0) is 11.8 Å². The highest BCUT2D eigenvalue weighted by Gasteiger charge is 2.31. The van der Waals surface area contributed by atoms with E-state index in [1.165, 1.54) is 24.3 Å². The highest BCUT2D eigenvalue weighted by Crippen LogP contribution is 2.35. The zero-order valence-electron chi connectivity index (χ0n) is 11.3. The summed E-state index contributed by atoms with van der Waals surface area (Å²) in [4.78, 5) is 13.4. The monoisotopic (exact) mass is 289 g/mol. The lowest BCUT2D eigenvalue weighted by Gasteiger charge is -2.33. The van der Waals surface area contributed by atoms with Crippen LogP contribution in [0, 0.1) is 11.6 Å². The molecular formula is C15H13F2N3O. The van der Waals surface area contributed by atoms with Crippen molar-refractivity contribution in [2.24, 2.45) is 7.05 Å². The molecule has 1 aromatic carbocycles. The van der Waals surface area contributed by atoms with Gasteiger partial charge in [-0.2, -0.15) is 5.10 Å². The van der Waals surface area contributed by atoms with Crippen LogP contribution >= 0.6 is 0 Å². The minimum atomic E-state index is -0.723. The van der Waals surface area contributed by atoms with Crippen LogP contribution in [0.3, 0.4) is 0 Å². The molecule has 0 spiro atoms. The van der Waals surface area contributed by atoms with E-state index in [0.29, 0.717) is 5.82 Å². The van der Waals surface area contributed by atoms with E-state index in [9.17, 15) is 13.6 Å². The predicted molar refractivity (Wildman–Crippen MR) is 73.6 cm³/mol. The van der Waals surface area contributed by atoms with E-state index < -0.39 is 17.7 Å². The van der Waals surface area contributed by atoms with Crippen LogP contribution in [0.5, 0.6) is 0 Å². The minimum Gasteiger partial charge on any atom is -0.325 e. The van der Waals surface area contributed by atoms with Crippen LogP contribution in [-0.4, -0.2) is 15.6 Å². The van der Waals surface area contributed by atoms with Gasteiger partial charge in [-0.3, -0.25) is 9.48 Å². The van der Waals surface area contributed by atoms with E-state index in [0.717, 1.165) is 0 Å². The number of hydrogen-bond acceptors (Lipinski definition) is 3. The van der Waals surface area contributed by atoms with E-state index in [-0.39, 0.29) is 17.8 Å². The van der Waals surface area contributed by atoms with Gasteiger partial charge in [0.15, 0.2) is 5.78 Å². The van der Waals surface area contributed by atoms with E-state index in [1.54, 1.807) is 35.1 Å². The molecule has 0 fully saturated rings. The fourth-order valence-electron chi connectivity index (χ4n) is 2.55. The number of allylic oxidation sites excluding steroid dienone is 1. The van der Waals surface area contributed by atoms with Crippen molar-refractivity contribution in [3.63, 3.8) is 0 Å². The Morgan fingerprint density at radius 2 is 1.95 bits per heavy atom. The van der Waals surface area contributed by atoms with Crippen molar-refractivity contribution in [1.29, 1.82) is 0 Å². The first-order valence-corrected chi connectivity index (χ1v) is 6.49. The van der Waals surface area contributed by atoms with Gasteiger partial charge in [-0.05, 0) is 18.2 Å². The quantitative estimate of drug-likeness (QED) is 0.853. The summed E-state index contributed by atoms with van der Waals surface area (Å²) in [5.74, 6) is -0.821. The maximum atomic E-state index is 14.1. The molecule has 108 valence electrons. The van der Waals surface area contributed by atoms with Crippen molar-refractivity contribution in [3.8, 4) is 0 Å². The maximum absolute atomic E-state index is 14.1. The molecule has 0 amide bonds. The molecule has 1 aliphatic heterocycles. The fraction of sp³-hybridized carbons (Fsp3) is 0.200. The maximum Gasteiger partial charge on any atom is 0.159 e. The number of aryl methyl sites for hydroxylation is 1.